The molecule has 0 aromatic rings. The van der Waals surface area contributed by atoms with E-state index in [1.165, 1.54) is 0 Å². The maximum absolute atomic E-state index is 9.37. The largest absolute Gasteiger partial charge is 2.00 e. The second-order valence-electron chi connectivity index (χ2n) is 0.953. The van der Waals surface area contributed by atoms with E-state index in [9.17, 15) is 25.9 Å². The van der Waals surface area contributed by atoms with E-state index in [2.05, 4.69) is 8.67 Å². The third-order valence-corrected chi connectivity index (χ3v) is 0.750. The molecule has 11 heavy (non-hydrogen) atoms. The third-order valence-electron chi connectivity index (χ3n) is 0.194. The van der Waals surface area contributed by atoms with Crippen molar-refractivity contribution in [1.29, 1.82) is 0 Å². The smallest absolute Gasteiger partial charge is 0.724 e. The van der Waals surface area contributed by atoms with Gasteiger partial charge >= 0.3 is 16.8 Å². The van der Waals surface area contributed by atoms with Crippen LogP contribution in [0.3, 0.4) is 0 Å². The van der Waals surface area contributed by atoms with Crippen LogP contribution < -0.4 is 0 Å². The second kappa shape index (κ2) is 4.32. The van der Waals surface area contributed by atoms with Crippen LogP contribution in [0, 0.1) is 0 Å². The Morgan fingerprint density at radius 3 is 1.09 bits per heavy atom. The van der Waals surface area contributed by atoms with E-state index < -0.39 is 20.8 Å². The first-order valence-electron chi connectivity index (χ1n) is 1.50. The average Bonchev–Trinajstić information content (AvgIpc) is 1.57. The van der Waals surface area contributed by atoms with Gasteiger partial charge in [0, 0.05) is 0 Å². The molecule has 0 atom stereocenters. The summed E-state index contributed by atoms with van der Waals surface area (Å²) in [6, 6.07) is 0. The van der Waals surface area contributed by atoms with E-state index in [1.807, 2.05) is 0 Å². The zero-order valence-corrected chi connectivity index (χ0v) is 7.09. The minimum atomic E-state index is -5.31. The average molecular weight is 251 g/mol. The van der Waals surface area contributed by atoms with Crippen LogP contribution in [0.4, 0.5) is 0 Å². The van der Waals surface area contributed by atoms with E-state index in [-0.39, 0.29) is 16.8 Å². The summed E-state index contributed by atoms with van der Waals surface area (Å²) in [7, 11) is -10.6. The van der Waals surface area contributed by atoms with E-state index in [0.29, 0.717) is 0 Å². The van der Waals surface area contributed by atoms with Crippen molar-refractivity contribution in [3.05, 3.63) is 0 Å². The Balaban J connectivity index is 0. The number of hydrogen-bond acceptors (Lipinski definition) is 8. The van der Waals surface area contributed by atoms with Crippen molar-refractivity contribution >= 4 is 20.8 Å². The zero-order valence-electron chi connectivity index (χ0n) is 4.42. The van der Waals surface area contributed by atoms with Gasteiger partial charge in [-0.15, -0.1) is 8.67 Å². The van der Waals surface area contributed by atoms with E-state index in [1.54, 1.807) is 0 Å². The third kappa shape index (κ3) is 13.3. The van der Waals surface area contributed by atoms with Crippen LogP contribution in [0.5, 0.6) is 0 Å². The van der Waals surface area contributed by atoms with Crippen LogP contribution in [0.15, 0.2) is 0 Å². The fourth-order valence-electron chi connectivity index (χ4n) is 0.0680. The van der Waals surface area contributed by atoms with Gasteiger partial charge in [0.2, 0.25) is 20.8 Å². The second-order valence-corrected chi connectivity index (χ2v) is 2.86. The molecule has 0 bridgehead atoms. The molecule has 1 radical (unpaired) electrons. The summed E-state index contributed by atoms with van der Waals surface area (Å²) in [6.45, 7) is 0. The molecule has 0 amide bonds. The Hall–Kier alpha value is 0.246. The van der Waals surface area contributed by atoms with Gasteiger partial charge in [0.1, 0.15) is 0 Å². The molecule has 0 aromatic heterocycles. The molecule has 0 aliphatic rings. The summed E-state index contributed by atoms with van der Waals surface area (Å²) >= 11 is 0. The first kappa shape index (κ1) is 13.8. The van der Waals surface area contributed by atoms with Crippen molar-refractivity contribution in [2.24, 2.45) is 0 Å². The SMILES string of the molecule is O=S(=O)([O-])OOS(=O)(=O)[O-].[Co+2]. The molecule has 0 saturated heterocycles. The van der Waals surface area contributed by atoms with Crippen LogP contribution in [-0.4, -0.2) is 25.9 Å². The van der Waals surface area contributed by atoms with Crippen molar-refractivity contribution in [2.75, 3.05) is 0 Å². The molecule has 0 aliphatic heterocycles. The Morgan fingerprint density at radius 2 is 1.00 bits per heavy atom. The molecule has 0 heterocycles. The summed E-state index contributed by atoms with van der Waals surface area (Å²) in [4.78, 5) is 0. The molecule has 0 spiro atoms. The van der Waals surface area contributed by atoms with Crippen molar-refractivity contribution in [1.82, 2.24) is 0 Å². The number of hydrogen-bond donors (Lipinski definition) is 0. The fourth-order valence-corrected chi connectivity index (χ4v) is 0.612. The monoisotopic (exact) mass is 251 g/mol. The molecule has 0 aliphatic carbocycles. The van der Waals surface area contributed by atoms with E-state index >= 15 is 0 Å². The van der Waals surface area contributed by atoms with Gasteiger partial charge in [0.05, 0.1) is 0 Å². The predicted octanol–water partition coefficient (Wildman–Crippen LogP) is -2.15. The molecule has 0 aromatic carbocycles. The van der Waals surface area contributed by atoms with Crippen LogP contribution in [0.2, 0.25) is 0 Å². The molecule has 69 valence electrons. The van der Waals surface area contributed by atoms with Crippen molar-refractivity contribution in [2.45, 2.75) is 0 Å². The standard InChI is InChI=1S/Co.H2O8S2/c;1-9(2,3)7-8-10(4,5)6/h;(H,1,2,3)(H,4,5,6)/q+2;/p-2. The van der Waals surface area contributed by atoms with Crippen LogP contribution in [0.25, 0.3) is 0 Å². The van der Waals surface area contributed by atoms with Crippen LogP contribution in [-0.2, 0) is 46.2 Å². The molecule has 0 unspecified atom stereocenters. The fraction of sp³-hybridized carbons (Fsp3) is 0. The van der Waals surface area contributed by atoms with Crippen molar-refractivity contribution in [3.63, 3.8) is 0 Å². The molecule has 11 heteroatoms. The van der Waals surface area contributed by atoms with Gasteiger partial charge in [-0.25, -0.2) is 16.8 Å². The maximum atomic E-state index is 9.37. The summed E-state index contributed by atoms with van der Waals surface area (Å²) in [5.74, 6) is 0. The Labute approximate surface area is 72.5 Å². The minimum absolute atomic E-state index is 0. The first-order chi connectivity index (χ1) is 4.21. The summed E-state index contributed by atoms with van der Waals surface area (Å²) < 4.78 is 61.5. The Kier molecular flexibility index (Phi) is 5.42. The van der Waals surface area contributed by atoms with Gasteiger partial charge in [0.15, 0.2) is 0 Å². The van der Waals surface area contributed by atoms with Gasteiger partial charge in [-0.05, 0) is 0 Å². The van der Waals surface area contributed by atoms with Gasteiger partial charge in [0.25, 0.3) is 0 Å². The molecular weight excluding hydrogens is 251 g/mol. The van der Waals surface area contributed by atoms with Gasteiger partial charge in [-0.3, -0.25) is 0 Å². The number of rotatable bonds is 3. The Morgan fingerprint density at radius 1 is 0.818 bits per heavy atom. The van der Waals surface area contributed by atoms with Crippen molar-refractivity contribution in [3.8, 4) is 0 Å². The van der Waals surface area contributed by atoms with Gasteiger partial charge in [-0.1, -0.05) is 0 Å². The predicted molar refractivity (Wildman–Crippen MR) is 21.6 cm³/mol. The Bertz CT molecular complexity index is 248. The summed E-state index contributed by atoms with van der Waals surface area (Å²) in [6.07, 6.45) is 0. The molecular formula is CoO8S2. The molecule has 0 N–H and O–H groups in total. The zero-order chi connectivity index (χ0) is 8.41. The van der Waals surface area contributed by atoms with Gasteiger partial charge < -0.3 is 9.11 Å². The summed E-state index contributed by atoms with van der Waals surface area (Å²) in [5, 5.41) is 0. The minimum Gasteiger partial charge on any atom is -0.724 e. The molecule has 8 nitrogen and oxygen atoms in total. The van der Waals surface area contributed by atoms with Gasteiger partial charge in [-0.2, -0.15) is 0 Å². The first-order valence-corrected chi connectivity index (χ1v) is 4.17. The van der Waals surface area contributed by atoms with E-state index in [4.69, 9.17) is 0 Å². The maximum Gasteiger partial charge on any atom is 2.00 e. The topological polar surface area (TPSA) is 133 Å². The van der Waals surface area contributed by atoms with Crippen LogP contribution in [0.1, 0.15) is 0 Å². The molecule has 0 saturated carbocycles. The quantitative estimate of drug-likeness (QED) is 0.240. The molecule has 0 fully saturated rings. The van der Waals surface area contributed by atoms with E-state index in [0.717, 1.165) is 0 Å². The molecule has 0 rings (SSSR count). The summed E-state index contributed by atoms with van der Waals surface area (Å²) in [5.41, 5.74) is 0. The van der Waals surface area contributed by atoms with Crippen LogP contribution >= 0.6 is 0 Å². The van der Waals surface area contributed by atoms with Crippen molar-refractivity contribution < 1.29 is 51.4 Å². The normalized spacial score (nSPS) is 12.2.